The van der Waals surface area contributed by atoms with Crippen LogP contribution in [-0.4, -0.2) is 50.5 Å². The van der Waals surface area contributed by atoms with Crippen molar-refractivity contribution in [2.24, 2.45) is 0 Å². The zero-order valence-electron chi connectivity index (χ0n) is 19.3. The number of methoxy groups -OCH3 is 2. The molecular formula is C23H36N2O5. The first-order valence-corrected chi connectivity index (χ1v) is 10.6. The first kappa shape index (κ1) is 23.8. The molecule has 0 radical (unpaired) electrons. The Balaban J connectivity index is 2.13. The monoisotopic (exact) mass is 420 g/mol. The third-order valence-electron chi connectivity index (χ3n) is 5.50. The van der Waals surface area contributed by atoms with Crippen molar-refractivity contribution in [3.63, 3.8) is 0 Å². The van der Waals surface area contributed by atoms with Crippen molar-refractivity contribution in [1.29, 1.82) is 0 Å². The highest BCUT2D eigenvalue weighted by molar-refractivity contribution is 5.93. The Morgan fingerprint density at radius 1 is 1.13 bits per heavy atom. The summed E-state index contributed by atoms with van der Waals surface area (Å²) in [7, 11) is 2.98. The number of carbonyl (C=O) groups excluding carboxylic acids is 2. The maximum Gasteiger partial charge on any atom is 0.407 e. The Hall–Kier alpha value is -2.44. The van der Waals surface area contributed by atoms with Crippen molar-refractivity contribution < 1.29 is 23.8 Å². The molecule has 0 saturated heterocycles. The Bertz CT molecular complexity index is 749. The van der Waals surface area contributed by atoms with Gasteiger partial charge in [-0.05, 0) is 71.9 Å². The molecule has 0 unspecified atom stereocenters. The Labute approximate surface area is 180 Å². The SMILES string of the molecule is CCN(c1cc(OC)cc(C(=O)OC)c1C)[C@H]1CC[C@H](NC(=O)OC(C)(C)C)CC1. The fourth-order valence-electron chi connectivity index (χ4n) is 4.04. The topological polar surface area (TPSA) is 77.1 Å². The molecule has 1 fully saturated rings. The molecule has 0 aromatic heterocycles. The van der Waals surface area contributed by atoms with Crippen LogP contribution in [0.1, 0.15) is 69.3 Å². The molecule has 7 nitrogen and oxygen atoms in total. The molecule has 1 amide bonds. The summed E-state index contributed by atoms with van der Waals surface area (Å²) < 4.78 is 15.8. The first-order chi connectivity index (χ1) is 14.1. The molecule has 1 aliphatic rings. The van der Waals surface area contributed by atoms with E-state index in [1.54, 1.807) is 13.2 Å². The second-order valence-corrected chi connectivity index (χ2v) is 8.75. The van der Waals surface area contributed by atoms with E-state index in [0.717, 1.165) is 43.5 Å². The summed E-state index contributed by atoms with van der Waals surface area (Å²) in [4.78, 5) is 26.6. The second kappa shape index (κ2) is 10.0. The summed E-state index contributed by atoms with van der Waals surface area (Å²) in [5, 5.41) is 2.99. The van der Waals surface area contributed by atoms with Crippen molar-refractivity contribution in [2.45, 2.75) is 78.0 Å². The van der Waals surface area contributed by atoms with Gasteiger partial charge in [-0.1, -0.05) is 0 Å². The molecule has 1 aromatic carbocycles. The molecule has 1 aliphatic carbocycles. The summed E-state index contributed by atoms with van der Waals surface area (Å²) in [5.41, 5.74) is 1.89. The van der Waals surface area contributed by atoms with Crippen molar-refractivity contribution in [3.05, 3.63) is 23.3 Å². The molecule has 30 heavy (non-hydrogen) atoms. The largest absolute Gasteiger partial charge is 0.497 e. The lowest BCUT2D eigenvalue weighted by atomic mass is 9.89. The third-order valence-corrected chi connectivity index (χ3v) is 5.50. The van der Waals surface area contributed by atoms with Gasteiger partial charge in [0.05, 0.1) is 19.8 Å². The zero-order chi connectivity index (χ0) is 22.5. The van der Waals surface area contributed by atoms with Crippen LogP contribution >= 0.6 is 0 Å². The molecular weight excluding hydrogens is 384 g/mol. The van der Waals surface area contributed by atoms with Crippen LogP contribution in [0.2, 0.25) is 0 Å². The van der Waals surface area contributed by atoms with Crippen LogP contribution in [0.3, 0.4) is 0 Å². The average Bonchev–Trinajstić information content (AvgIpc) is 2.68. The van der Waals surface area contributed by atoms with E-state index in [9.17, 15) is 9.59 Å². The van der Waals surface area contributed by atoms with Gasteiger partial charge in [-0.2, -0.15) is 0 Å². The number of hydrogen-bond donors (Lipinski definition) is 1. The minimum Gasteiger partial charge on any atom is -0.497 e. The molecule has 7 heteroatoms. The number of nitrogens with zero attached hydrogens (tertiary/aromatic N) is 1. The van der Waals surface area contributed by atoms with Crippen molar-refractivity contribution in [3.8, 4) is 5.75 Å². The number of nitrogens with one attached hydrogen (secondary N) is 1. The molecule has 1 saturated carbocycles. The van der Waals surface area contributed by atoms with Crippen LogP contribution in [-0.2, 0) is 9.47 Å². The number of ether oxygens (including phenoxy) is 3. The van der Waals surface area contributed by atoms with Crippen molar-refractivity contribution in [2.75, 3.05) is 25.7 Å². The molecule has 0 bridgehead atoms. The van der Waals surface area contributed by atoms with Gasteiger partial charge in [-0.15, -0.1) is 0 Å². The molecule has 2 rings (SSSR count). The van der Waals surface area contributed by atoms with Gasteiger partial charge in [0.2, 0.25) is 0 Å². The van der Waals surface area contributed by atoms with Crippen molar-refractivity contribution >= 4 is 17.7 Å². The number of esters is 1. The van der Waals surface area contributed by atoms with Gasteiger partial charge in [-0.3, -0.25) is 0 Å². The van der Waals surface area contributed by atoms with Gasteiger partial charge in [0.15, 0.2) is 0 Å². The van der Waals surface area contributed by atoms with E-state index in [1.807, 2.05) is 33.8 Å². The second-order valence-electron chi connectivity index (χ2n) is 8.75. The van der Waals surface area contributed by atoms with E-state index in [4.69, 9.17) is 14.2 Å². The number of amides is 1. The summed E-state index contributed by atoms with van der Waals surface area (Å²) in [6.07, 6.45) is 3.29. The highest BCUT2D eigenvalue weighted by atomic mass is 16.6. The molecule has 0 atom stereocenters. The van der Waals surface area contributed by atoms with E-state index in [-0.39, 0.29) is 18.1 Å². The maximum absolute atomic E-state index is 12.2. The van der Waals surface area contributed by atoms with Gasteiger partial charge < -0.3 is 24.4 Å². The summed E-state index contributed by atoms with van der Waals surface area (Å²) >= 11 is 0. The highest BCUT2D eigenvalue weighted by Gasteiger charge is 2.29. The highest BCUT2D eigenvalue weighted by Crippen LogP contribution is 2.34. The number of rotatable bonds is 6. The van der Waals surface area contributed by atoms with E-state index in [0.29, 0.717) is 17.4 Å². The zero-order valence-corrected chi connectivity index (χ0v) is 19.3. The quantitative estimate of drug-likeness (QED) is 0.685. The van der Waals surface area contributed by atoms with E-state index < -0.39 is 5.60 Å². The normalized spacial score (nSPS) is 19.0. The van der Waals surface area contributed by atoms with Crippen LogP contribution in [0, 0.1) is 6.92 Å². The lowest BCUT2D eigenvalue weighted by Crippen LogP contribution is -2.45. The predicted molar refractivity (Wildman–Crippen MR) is 118 cm³/mol. The predicted octanol–water partition coefficient (Wildman–Crippen LogP) is 4.45. The Kier molecular flexibility index (Phi) is 7.98. The fourth-order valence-corrected chi connectivity index (χ4v) is 4.04. The Morgan fingerprint density at radius 3 is 2.27 bits per heavy atom. The van der Waals surface area contributed by atoms with Crippen LogP contribution in [0.5, 0.6) is 5.75 Å². The summed E-state index contributed by atoms with van der Waals surface area (Å²) in [6.45, 7) is 10.5. The van der Waals surface area contributed by atoms with Crippen LogP contribution in [0.15, 0.2) is 12.1 Å². The van der Waals surface area contributed by atoms with Crippen LogP contribution < -0.4 is 15.0 Å². The lowest BCUT2D eigenvalue weighted by Gasteiger charge is -2.39. The maximum atomic E-state index is 12.2. The van der Waals surface area contributed by atoms with Gasteiger partial charge >= 0.3 is 12.1 Å². The third kappa shape index (κ3) is 6.03. The van der Waals surface area contributed by atoms with Crippen LogP contribution in [0.4, 0.5) is 10.5 Å². The number of carbonyl (C=O) groups is 2. The Morgan fingerprint density at radius 2 is 1.77 bits per heavy atom. The fraction of sp³-hybridized carbons (Fsp3) is 0.652. The van der Waals surface area contributed by atoms with Gasteiger partial charge in [-0.25, -0.2) is 9.59 Å². The minimum absolute atomic E-state index is 0.117. The standard InChI is InChI=1S/C23H36N2O5/c1-8-25(20-14-18(28-6)13-19(15(20)2)21(26)29-7)17-11-9-16(10-12-17)24-22(27)30-23(3,4)5/h13-14,16-17H,8-12H2,1-7H3,(H,24,27)/t16-,17-. The number of anilines is 1. The first-order valence-electron chi connectivity index (χ1n) is 10.6. The molecule has 1 N–H and O–H groups in total. The van der Waals surface area contributed by atoms with E-state index in [2.05, 4.69) is 17.1 Å². The summed E-state index contributed by atoms with van der Waals surface area (Å²) in [5.74, 6) is 0.267. The molecule has 0 aliphatic heterocycles. The molecule has 0 heterocycles. The molecule has 168 valence electrons. The van der Waals surface area contributed by atoms with Crippen molar-refractivity contribution in [1.82, 2.24) is 5.32 Å². The summed E-state index contributed by atoms with van der Waals surface area (Å²) in [6, 6.07) is 4.14. The smallest absolute Gasteiger partial charge is 0.407 e. The van der Waals surface area contributed by atoms with Gasteiger partial charge in [0.25, 0.3) is 0 Å². The van der Waals surface area contributed by atoms with Crippen LogP contribution in [0.25, 0.3) is 0 Å². The van der Waals surface area contributed by atoms with Gasteiger partial charge in [0.1, 0.15) is 11.4 Å². The minimum atomic E-state index is -0.498. The van der Waals surface area contributed by atoms with E-state index in [1.165, 1.54) is 7.11 Å². The number of hydrogen-bond acceptors (Lipinski definition) is 6. The number of alkyl carbamates (subject to hydrolysis) is 1. The van der Waals surface area contributed by atoms with E-state index >= 15 is 0 Å². The van der Waals surface area contributed by atoms with Gasteiger partial charge in [0, 0.05) is 30.4 Å². The molecule has 0 spiro atoms. The molecule has 1 aromatic rings. The number of benzene rings is 1. The average molecular weight is 421 g/mol. The lowest BCUT2D eigenvalue weighted by molar-refractivity contribution is 0.0490.